The standard InChI is InChI=1S/C13H13N3O2S2/c1-8-5-10(20-15-8)6-16-11(17)13(2,14-12(16)18)9-3-4-19-7-9/h3-5,7H,6H2,1-2H3,(H,14,18). The SMILES string of the molecule is Cc1cc(CN2C(=O)NC(C)(c3ccsc3)C2=O)sn1. The van der Waals surface area contributed by atoms with Gasteiger partial charge < -0.3 is 5.32 Å². The Bertz CT molecular complexity index is 665. The van der Waals surface area contributed by atoms with Crippen LogP contribution in [0.5, 0.6) is 0 Å². The van der Waals surface area contributed by atoms with Crippen molar-refractivity contribution in [3.63, 3.8) is 0 Å². The van der Waals surface area contributed by atoms with Crippen LogP contribution >= 0.6 is 22.9 Å². The maximum Gasteiger partial charge on any atom is 0.325 e. The number of aromatic nitrogens is 1. The molecule has 1 saturated heterocycles. The lowest BCUT2D eigenvalue weighted by Crippen LogP contribution is -2.40. The van der Waals surface area contributed by atoms with Gasteiger partial charge in [-0.25, -0.2) is 4.79 Å². The Balaban J connectivity index is 1.87. The zero-order valence-corrected chi connectivity index (χ0v) is 12.7. The van der Waals surface area contributed by atoms with Crippen molar-refractivity contribution in [3.8, 4) is 0 Å². The molecule has 0 spiro atoms. The van der Waals surface area contributed by atoms with Crippen LogP contribution in [-0.2, 0) is 16.9 Å². The van der Waals surface area contributed by atoms with Gasteiger partial charge in [0.25, 0.3) is 5.91 Å². The Morgan fingerprint density at radius 2 is 2.25 bits per heavy atom. The summed E-state index contributed by atoms with van der Waals surface area (Å²) in [5.41, 5.74) is 0.762. The van der Waals surface area contributed by atoms with Gasteiger partial charge >= 0.3 is 6.03 Å². The highest BCUT2D eigenvalue weighted by Crippen LogP contribution is 2.31. The predicted molar refractivity (Wildman–Crippen MR) is 77.6 cm³/mol. The highest BCUT2D eigenvalue weighted by molar-refractivity contribution is 7.08. The summed E-state index contributed by atoms with van der Waals surface area (Å²) in [6, 6.07) is 3.41. The summed E-state index contributed by atoms with van der Waals surface area (Å²) in [4.78, 5) is 26.8. The third kappa shape index (κ3) is 2.03. The number of carbonyl (C=O) groups excluding carboxylic acids is 2. The van der Waals surface area contributed by atoms with Crippen LogP contribution in [0.1, 0.15) is 23.1 Å². The van der Waals surface area contributed by atoms with Crippen molar-refractivity contribution < 1.29 is 9.59 Å². The van der Waals surface area contributed by atoms with E-state index in [0.717, 1.165) is 16.1 Å². The van der Waals surface area contributed by atoms with E-state index in [4.69, 9.17) is 0 Å². The first-order valence-corrected chi connectivity index (χ1v) is 7.81. The van der Waals surface area contributed by atoms with Crippen LogP contribution in [0.15, 0.2) is 22.9 Å². The van der Waals surface area contributed by atoms with E-state index in [9.17, 15) is 9.59 Å². The summed E-state index contributed by atoms with van der Waals surface area (Å²) >= 11 is 2.82. The number of carbonyl (C=O) groups is 2. The Kier molecular flexibility index (Phi) is 3.10. The number of hydrogen-bond donors (Lipinski definition) is 1. The topological polar surface area (TPSA) is 62.3 Å². The van der Waals surface area contributed by atoms with Gasteiger partial charge in [0.05, 0.1) is 12.2 Å². The average molecular weight is 307 g/mol. The number of nitrogens with one attached hydrogen (secondary N) is 1. The van der Waals surface area contributed by atoms with Crippen LogP contribution in [0.4, 0.5) is 4.79 Å². The van der Waals surface area contributed by atoms with E-state index in [2.05, 4.69) is 9.69 Å². The Labute approximate surface area is 124 Å². The minimum Gasteiger partial charge on any atom is -0.319 e. The van der Waals surface area contributed by atoms with Gasteiger partial charge in [-0.3, -0.25) is 9.69 Å². The van der Waals surface area contributed by atoms with E-state index in [-0.39, 0.29) is 18.5 Å². The van der Waals surface area contributed by atoms with Crippen molar-refractivity contribution in [3.05, 3.63) is 39.0 Å². The zero-order valence-electron chi connectivity index (χ0n) is 11.0. The average Bonchev–Trinajstić information content (AvgIpc) is 3.09. The Morgan fingerprint density at radius 3 is 2.85 bits per heavy atom. The summed E-state index contributed by atoms with van der Waals surface area (Å²) in [5, 5.41) is 6.57. The number of urea groups is 1. The van der Waals surface area contributed by atoms with Gasteiger partial charge in [-0.1, -0.05) is 0 Å². The minimum absolute atomic E-state index is 0.216. The van der Waals surface area contributed by atoms with E-state index in [0.29, 0.717) is 0 Å². The maximum absolute atomic E-state index is 12.6. The van der Waals surface area contributed by atoms with Gasteiger partial charge in [0.15, 0.2) is 0 Å². The number of nitrogens with zero attached hydrogens (tertiary/aromatic N) is 2. The summed E-state index contributed by atoms with van der Waals surface area (Å²) in [6.45, 7) is 3.91. The molecule has 1 unspecified atom stereocenters. The zero-order chi connectivity index (χ0) is 14.3. The molecule has 1 aliphatic heterocycles. The molecule has 1 fully saturated rings. The van der Waals surface area contributed by atoms with Crippen molar-refractivity contribution in [2.75, 3.05) is 0 Å². The lowest BCUT2D eigenvalue weighted by atomic mass is 9.95. The number of rotatable bonds is 3. The second-order valence-corrected chi connectivity index (χ2v) is 6.56. The van der Waals surface area contributed by atoms with E-state index < -0.39 is 5.54 Å². The first-order chi connectivity index (χ1) is 9.50. The van der Waals surface area contributed by atoms with Crippen LogP contribution in [0, 0.1) is 6.92 Å². The van der Waals surface area contributed by atoms with Gasteiger partial charge in [0, 0.05) is 4.88 Å². The second kappa shape index (κ2) is 4.68. The van der Waals surface area contributed by atoms with Gasteiger partial charge in [-0.15, -0.1) is 0 Å². The highest BCUT2D eigenvalue weighted by Gasteiger charge is 2.49. The van der Waals surface area contributed by atoms with E-state index >= 15 is 0 Å². The quantitative estimate of drug-likeness (QED) is 0.886. The first-order valence-electron chi connectivity index (χ1n) is 6.09. The van der Waals surface area contributed by atoms with Crippen molar-refractivity contribution in [2.24, 2.45) is 0 Å². The van der Waals surface area contributed by atoms with E-state index in [1.807, 2.05) is 29.8 Å². The third-order valence-corrected chi connectivity index (χ3v) is 4.91. The molecule has 3 rings (SSSR count). The summed E-state index contributed by atoms with van der Waals surface area (Å²) in [5.74, 6) is -0.216. The fourth-order valence-corrected chi connectivity index (χ4v) is 3.72. The largest absolute Gasteiger partial charge is 0.325 e. The van der Waals surface area contributed by atoms with Gasteiger partial charge in [0.1, 0.15) is 5.54 Å². The minimum atomic E-state index is -0.961. The Hall–Kier alpha value is -1.73. The molecule has 3 amide bonds. The Morgan fingerprint density at radius 1 is 1.45 bits per heavy atom. The molecule has 1 aliphatic rings. The normalized spacial score (nSPS) is 22.4. The second-order valence-electron chi connectivity index (χ2n) is 4.89. The van der Waals surface area contributed by atoms with E-state index in [1.54, 1.807) is 6.92 Å². The maximum atomic E-state index is 12.6. The number of amides is 3. The van der Waals surface area contributed by atoms with Crippen molar-refractivity contribution in [1.82, 2.24) is 14.6 Å². The molecule has 0 aromatic carbocycles. The summed E-state index contributed by atoms with van der Waals surface area (Å²) in [7, 11) is 0. The fraction of sp³-hybridized carbons (Fsp3) is 0.308. The van der Waals surface area contributed by atoms with Crippen LogP contribution < -0.4 is 5.32 Å². The molecule has 1 atom stereocenters. The fourth-order valence-electron chi connectivity index (χ4n) is 2.23. The van der Waals surface area contributed by atoms with Gasteiger partial charge in [0.2, 0.25) is 0 Å². The number of aryl methyl sites for hydroxylation is 1. The number of imide groups is 1. The van der Waals surface area contributed by atoms with Crippen LogP contribution in [-0.4, -0.2) is 21.2 Å². The molecule has 0 radical (unpaired) electrons. The molecule has 1 N–H and O–H groups in total. The molecular weight excluding hydrogens is 294 g/mol. The molecular formula is C13H13N3O2S2. The molecule has 7 heteroatoms. The van der Waals surface area contributed by atoms with Crippen LogP contribution in [0.2, 0.25) is 0 Å². The molecule has 104 valence electrons. The number of thiophene rings is 1. The van der Waals surface area contributed by atoms with E-state index in [1.165, 1.54) is 27.8 Å². The monoisotopic (exact) mass is 307 g/mol. The molecule has 0 saturated carbocycles. The van der Waals surface area contributed by atoms with Crippen molar-refractivity contribution in [2.45, 2.75) is 25.9 Å². The van der Waals surface area contributed by atoms with Crippen LogP contribution in [0.25, 0.3) is 0 Å². The summed E-state index contributed by atoms with van der Waals surface area (Å²) < 4.78 is 4.17. The lowest BCUT2D eigenvalue weighted by Gasteiger charge is -2.20. The summed E-state index contributed by atoms with van der Waals surface area (Å²) in [6.07, 6.45) is 0. The molecule has 0 aliphatic carbocycles. The highest BCUT2D eigenvalue weighted by atomic mass is 32.1. The third-order valence-electron chi connectivity index (χ3n) is 3.36. The number of hydrogen-bond acceptors (Lipinski definition) is 5. The lowest BCUT2D eigenvalue weighted by molar-refractivity contribution is -0.131. The van der Waals surface area contributed by atoms with Gasteiger partial charge in [-0.2, -0.15) is 15.7 Å². The van der Waals surface area contributed by atoms with Crippen molar-refractivity contribution in [1.29, 1.82) is 0 Å². The molecule has 5 nitrogen and oxygen atoms in total. The molecule has 3 heterocycles. The van der Waals surface area contributed by atoms with Crippen molar-refractivity contribution >= 4 is 34.8 Å². The molecule has 0 bridgehead atoms. The molecule has 2 aromatic rings. The van der Waals surface area contributed by atoms with Crippen LogP contribution in [0.3, 0.4) is 0 Å². The first kappa shape index (κ1) is 13.3. The van der Waals surface area contributed by atoms with Gasteiger partial charge in [-0.05, 0) is 53.8 Å². The molecule has 2 aromatic heterocycles. The smallest absolute Gasteiger partial charge is 0.319 e. The molecule has 20 heavy (non-hydrogen) atoms. The predicted octanol–water partition coefficient (Wildman–Crippen LogP) is 2.48.